The average Bonchev–Trinajstić information content (AvgIpc) is 2.91. The van der Waals surface area contributed by atoms with E-state index in [9.17, 15) is 0 Å². The number of ether oxygens (including phenoxy) is 2. The monoisotopic (exact) mass is 239 g/mol. The second-order valence-electron chi connectivity index (χ2n) is 5.70. The smallest absolute Gasteiger partial charge is 0.148 e. The van der Waals surface area contributed by atoms with Crippen molar-refractivity contribution in [3.05, 3.63) is 0 Å². The molecule has 0 aliphatic carbocycles. The Kier molecular flexibility index (Phi) is 3.69. The lowest BCUT2D eigenvalue weighted by Crippen LogP contribution is -2.59. The van der Waals surface area contributed by atoms with Gasteiger partial charge in [-0.2, -0.15) is 0 Å². The highest BCUT2D eigenvalue weighted by Gasteiger charge is 2.48. The highest BCUT2D eigenvalue weighted by Crippen LogP contribution is 2.39. The molecule has 0 aromatic rings. The predicted molar refractivity (Wildman–Crippen MR) is 66.9 cm³/mol. The number of nitrogens with zero attached hydrogens (tertiary/aromatic N) is 1. The Hall–Kier alpha value is -0.120. The first kappa shape index (κ1) is 11.9. The zero-order valence-electron chi connectivity index (χ0n) is 10.8. The molecule has 3 aliphatic rings. The number of rotatable bonds is 2. The Morgan fingerprint density at radius 3 is 2.41 bits per heavy atom. The first-order valence-corrected chi connectivity index (χ1v) is 7.42. The van der Waals surface area contributed by atoms with Crippen LogP contribution >= 0.6 is 0 Å². The fourth-order valence-corrected chi connectivity index (χ4v) is 3.72. The van der Waals surface area contributed by atoms with Gasteiger partial charge in [-0.3, -0.25) is 4.90 Å². The maximum atomic E-state index is 6.22. The molecule has 0 amide bonds. The van der Waals surface area contributed by atoms with E-state index in [1.165, 1.54) is 64.5 Å². The summed E-state index contributed by atoms with van der Waals surface area (Å²) in [6.07, 6.45) is 10.5. The predicted octanol–water partition coefficient (Wildman–Crippen LogP) is 2.55. The maximum absolute atomic E-state index is 6.22. The minimum atomic E-state index is -0.0547. The van der Waals surface area contributed by atoms with E-state index in [2.05, 4.69) is 4.90 Å². The van der Waals surface area contributed by atoms with Crippen LogP contribution in [0.1, 0.15) is 51.4 Å². The van der Waals surface area contributed by atoms with Crippen LogP contribution in [-0.4, -0.2) is 43.0 Å². The first-order valence-electron chi connectivity index (χ1n) is 7.42. The van der Waals surface area contributed by atoms with E-state index in [4.69, 9.17) is 9.47 Å². The number of hydrogen-bond donors (Lipinski definition) is 0. The Labute approximate surface area is 104 Å². The van der Waals surface area contributed by atoms with Crippen LogP contribution in [0.25, 0.3) is 0 Å². The fraction of sp³-hybridized carbons (Fsp3) is 1.00. The summed E-state index contributed by atoms with van der Waals surface area (Å²) < 4.78 is 12.3. The van der Waals surface area contributed by atoms with E-state index in [1.54, 1.807) is 0 Å². The zero-order valence-corrected chi connectivity index (χ0v) is 10.8. The third-order valence-corrected chi connectivity index (χ3v) is 4.61. The van der Waals surface area contributed by atoms with Crippen molar-refractivity contribution in [3.63, 3.8) is 0 Å². The van der Waals surface area contributed by atoms with Crippen LogP contribution in [0.15, 0.2) is 0 Å². The molecule has 3 heteroatoms. The largest absolute Gasteiger partial charge is 0.374 e. The highest BCUT2D eigenvalue weighted by atomic mass is 16.6. The summed E-state index contributed by atoms with van der Waals surface area (Å²) in [6, 6.07) is 0. The van der Waals surface area contributed by atoms with Crippen molar-refractivity contribution in [2.24, 2.45) is 0 Å². The molecule has 17 heavy (non-hydrogen) atoms. The van der Waals surface area contributed by atoms with Gasteiger partial charge in [0, 0.05) is 26.3 Å². The van der Waals surface area contributed by atoms with E-state index < -0.39 is 0 Å². The topological polar surface area (TPSA) is 21.7 Å². The quantitative estimate of drug-likeness (QED) is 0.739. The molecule has 3 fully saturated rings. The van der Waals surface area contributed by atoms with Gasteiger partial charge in [0.15, 0.2) is 0 Å². The Morgan fingerprint density at radius 2 is 1.76 bits per heavy atom. The molecule has 2 unspecified atom stereocenters. The number of likely N-dealkylation sites (tertiary alicyclic amines) is 1. The second-order valence-corrected chi connectivity index (χ2v) is 5.70. The molecule has 98 valence electrons. The van der Waals surface area contributed by atoms with Crippen molar-refractivity contribution < 1.29 is 9.47 Å². The van der Waals surface area contributed by atoms with E-state index in [0.717, 1.165) is 13.2 Å². The summed E-state index contributed by atoms with van der Waals surface area (Å²) in [7, 11) is 0. The Morgan fingerprint density at radius 1 is 0.882 bits per heavy atom. The van der Waals surface area contributed by atoms with Crippen molar-refractivity contribution >= 4 is 0 Å². The van der Waals surface area contributed by atoms with E-state index in [-0.39, 0.29) is 5.72 Å². The van der Waals surface area contributed by atoms with Gasteiger partial charge in [0.25, 0.3) is 0 Å². The molecular formula is C14H25NO2. The third kappa shape index (κ3) is 2.25. The SMILES string of the molecule is C1CCN(C2(C3CCCCO3)CCCO2)CC1. The van der Waals surface area contributed by atoms with E-state index in [0.29, 0.717) is 6.10 Å². The summed E-state index contributed by atoms with van der Waals surface area (Å²) in [4.78, 5) is 2.60. The third-order valence-electron chi connectivity index (χ3n) is 4.61. The molecule has 3 saturated heterocycles. The van der Waals surface area contributed by atoms with Crippen molar-refractivity contribution in [1.82, 2.24) is 4.90 Å². The molecule has 3 aliphatic heterocycles. The molecule has 0 aromatic heterocycles. The van der Waals surface area contributed by atoms with Gasteiger partial charge in [0.05, 0.1) is 0 Å². The van der Waals surface area contributed by atoms with Gasteiger partial charge < -0.3 is 9.47 Å². The van der Waals surface area contributed by atoms with Crippen LogP contribution < -0.4 is 0 Å². The summed E-state index contributed by atoms with van der Waals surface area (Å²) in [5.74, 6) is 0. The molecule has 3 rings (SSSR count). The molecule has 0 radical (unpaired) electrons. The van der Waals surface area contributed by atoms with Crippen molar-refractivity contribution in [1.29, 1.82) is 0 Å². The molecule has 0 bridgehead atoms. The van der Waals surface area contributed by atoms with Crippen molar-refractivity contribution in [2.45, 2.75) is 63.2 Å². The van der Waals surface area contributed by atoms with Crippen LogP contribution in [0.4, 0.5) is 0 Å². The van der Waals surface area contributed by atoms with Gasteiger partial charge in [-0.05, 0) is 44.9 Å². The van der Waals surface area contributed by atoms with Crippen LogP contribution in [0.3, 0.4) is 0 Å². The molecule has 0 spiro atoms. The highest BCUT2D eigenvalue weighted by molar-refractivity contribution is 4.95. The summed E-state index contributed by atoms with van der Waals surface area (Å²) in [5, 5.41) is 0. The van der Waals surface area contributed by atoms with Gasteiger partial charge in [0.2, 0.25) is 0 Å². The summed E-state index contributed by atoms with van der Waals surface area (Å²) in [6.45, 7) is 4.28. The molecule has 0 saturated carbocycles. The van der Waals surface area contributed by atoms with Gasteiger partial charge in [-0.15, -0.1) is 0 Å². The molecule has 2 atom stereocenters. The molecule has 3 nitrogen and oxygen atoms in total. The van der Waals surface area contributed by atoms with Gasteiger partial charge in [0.1, 0.15) is 11.8 Å². The molecule has 0 N–H and O–H groups in total. The van der Waals surface area contributed by atoms with Gasteiger partial charge in [-0.25, -0.2) is 0 Å². The Bertz CT molecular complexity index is 219. The average molecular weight is 239 g/mol. The molecule has 0 aromatic carbocycles. The van der Waals surface area contributed by atoms with Crippen LogP contribution in [0, 0.1) is 0 Å². The lowest BCUT2D eigenvalue weighted by atomic mass is 9.92. The second kappa shape index (κ2) is 5.25. The zero-order chi connectivity index (χ0) is 11.6. The normalized spacial score (nSPS) is 40.6. The minimum Gasteiger partial charge on any atom is -0.374 e. The van der Waals surface area contributed by atoms with Crippen molar-refractivity contribution in [3.8, 4) is 0 Å². The number of piperidine rings is 1. The van der Waals surface area contributed by atoms with Crippen LogP contribution in [-0.2, 0) is 9.47 Å². The fourth-order valence-electron chi connectivity index (χ4n) is 3.72. The van der Waals surface area contributed by atoms with Gasteiger partial charge >= 0.3 is 0 Å². The van der Waals surface area contributed by atoms with E-state index in [1.807, 2.05) is 0 Å². The Balaban J connectivity index is 1.75. The van der Waals surface area contributed by atoms with Crippen LogP contribution in [0.2, 0.25) is 0 Å². The van der Waals surface area contributed by atoms with Gasteiger partial charge in [-0.1, -0.05) is 6.42 Å². The standard InChI is InChI=1S/C14H25NO2/c1-3-9-15(10-4-1)14(8-6-12-17-14)13-7-2-5-11-16-13/h13H,1-12H2. The maximum Gasteiger partial charge on any atom is 0.148 e. The molecular weight excluding hydrogens is 214 g/mol. The lowest BCUT2D eigenvalue weighted by molar-refractivity contribution is -0.216. The first-order chi connectivity index (χ1) is 8.42. The van der Waals surface area contributed by atoms with Crippen molar-refractivity contribution in [2.75, 3.05) is 26.3 Å². The van der Waals surface area contributed by atoms with E-state index >= 15 is 0 Å². The lowest BCUT2D eigenvalue weighted by Gasteiger charge is -2.47. The summed E-state index contributed by atoms with van der Waals surface area (Å²) >= 11 is 0. The van der Waals surface area contributed by atoms with Crippen LogP contribution in [0.5, 0.6) is 0 Å². The minimum absolute atomic E-state index is 0.0547. The number of hydrogen-bond acceptors (Lipinski definition) is 3. The molecule has 3 heterocycles. The summed E-state index contributed by atoms with van der Waals surface area (Å²) in [5.41, 5.74) is -0.0547.